The number of halogens is 1. The second-order valence-electron chi connectivity index (χ2n) is 3.02. The number of hydrogen-bond donors (Lipinski definition) is 2. The van der Waals surface area contributed by atoms with E-state index in [1.807, 2.05) is 0 Å². The third-order valence-electron chi connectivity index (χ3n) is 1.74. The fraction of sp³-hybridized carbons (Fsp3) is 0.500. The molecule has 1 heterocycles. The average molecular weight is 270 g/mol. The minimum Gasteiger partial charge on any atom is -0.395 e. The van der Waals surface area contributed by atoms with Crippen molar-refractivity contribution in [1.82, 2.24) is 4.72 Å². The Hall–Kier alpha value is -0.140. The zero-order chi connectivity index (χ0) is 11.5. The van der Waals surface area contributed by atoms with Crippen molar-refractivity contribution in [2.24, 2.45) is 0 Å². The molecule has 1 unspecified atom stereocenters. The van der Waals surface area contributed by atoms with Gasteiger partial charge in [-0.15, -0.1) is 11.3 Å². The van der Waals surface area contributed by atoms with E-state index in [0.29, 0.717) is 4.34 Å². The molecule has 0 aliphatic heterocycles. The van der Waals surface area contributed by atoms with Gasteiger partial charge < -0.3 is 5.11 Å². The van der Waals surface area contributed by atoms with Crippen LogP contribution in [0, 0.1) is 0 Å². The molecule has 1 atom stereocenters. The van der Waals surface area contributed by atoms with Crippen molar-refractivity contribution in [3.63, 3.8) is 0 Å². The SMILES string of the molecule is CC(NS(=O)(=O)CCO)c1ccc(Cl)s1. The first-order valence-electron chi connectivity index (χ1n) is 4.30. The molecule has 0 aromatic carbocycles. The maximum atomic E-state index is 11.3. The monoisotopic (exact) mass is 269 g/mol. The number of thiophene rings is 1. The van der Waals surface area contributed by atoms with E-state index in [1.165, 1.54) is 11.3 Å². The summed E-state index contributed by atoms with van der Waals surface area (Å²) < 4.78 is 25.7. The van der Waals surface area contributed by atoms with Crippen LogP contribution < -0.4 is 4.72 Å². The molecular weight excluding hydrogens is 258 g/mol. The van der Waals surface area contributed by atoms with Gasteiger partial charge in [-0.1, -0.05) is 11.6 Å². The van der Waals surface area contributed by atoms with E-state index in [-0.39, 0.29) is 18.4 Å². The summed E-state index contributed by atoms with van der Waals surface area (Å²) >= 11 is 7.07. The van der Waals surface area contributed by atoms with E-state index >= 15 is 0 Å². The Morgan fingerprint density at radius 2 is 2.27 bits per heavy atom. The summed E-state index contributed by atoms with van der Waals surface area (Å²) in [7, 11) is -3.41. The molecule has 2 N–H and O–H groups in total. The fourth-order valence-electron chi connectivity index (χ4n) is 1.07. The van der Waals surface area contributed by atoms with Crippen molar-refractivity contribution < 1.29 is 13.5 Å². The van der Waals surface area contributed by atoms with Crippen LogP contribution in [0.4, 0.5) is 0 Å². The van der Waals surface area contributed by atoms with Crippen LogP contribution in [0.5, 0.6) is 0 Å². The van der Waals surface area contributed by atoms with Gasteiger partial charge in [0.2, 0.25) is 10.0 Å². The molecule has 0 radical (unpaired) electrons. The van der Waals surface area contributed by atoms with Crippen molar-refractivity contribution in [3.05, 3.63) is 21.3 Å². The highest BCUT2D eigenvalue weighted by molar-refractivity contribution is 7.89. The molecule has 1 aromatic rings. The molecule has 7 heteroatoms. The van der Waals surface area contributed by atoms with Gasteiger partial charge in [0, 0.05) is 4.88 Å². The maximum absolute atomic E-state index is 11.3. The summed E-state index contributed by atoms with van der Waals surface area (Å²) in [5.41, 5.74) is 0. The molecule has 0 aliphatic carbocycles. The Morgan fingerprint density at radius 3 is 2.73 bits per heavy atom. The standard InChI is InChI=1S/C8H12ClNO3S2/c1-6(7-2-3-8(9)14-7)10-15(12,13)5-4-11/h2-3,6,10-11H,4-5H2,1H3. The first-order valence-corrected chi connectivity index (χ1v) is 7.15. The van der Waals surface area contributed by atoms with Gasteiger partial charge in [-0.3, -0.25) is 0 Å². The first kappa shape index (κ1) is 12.9. The van der Waals surface area contributed by atoms with Crippen LogP contribution in [0.2, 0.25) is 4.34 Å². The van der Waals surface area contributed by atoms with Crippen LogP contribution >= 0.6 is 22.9 Å². The molecule has 0 fully saturated rings. The lowest BCUT2D eigenvalue weighted by molar-refractivity contribution is 0.319. The second kappa shape index (κ2) is 5.27. The lowest BCUT2D eigenvalue weighted by Crippen LogP contribution is -2.29. The molecule has 0 saturated carbocycles. The molecule has 0 bridgehead atoms. The predicted octanol–water partition coefficient (Wildman–Crippen LogP) is 1.37. The maximum Gasteiger partial charge on any atom is 0.214 e. The summed E-state index contributed by atoms with van der Waals surface area (Å²) in [6.07, 6.45) is 0. The largest absolute Gasteiger partial charge is 0.395 e. The highest BCUT2D eigenvalue weighted by Crippen LogP contribution is 2.26. The van der Waals surface area contributed by atoms with Crippen LogP contribution in [-0.4, -0.2) is 25.9 Å². The quantitative estimate of drug-likeness (QED) is 0.849. The highest BCUT2D eigenvalue weighted by atomic mass is 35.5. The molecule has 0 aliphatic rings. The van der Waals surface area contributed by atoms with E-state index in [0.717, 1.165) is 4.88 Å². The number of hydrogen-bond acceptors (Lipinski definition) is 4. The summed E-state index contributed by atoms with van der Waals surface area (Å²) in [5.74, 6) is -0.281. The van der Waals surface area contributed by atoms with Crippen LogP contribution in [0.15, 0.2) is 12.1 Å². The van der Waals surface area contributed by atoms with E-state index in [4.69, 9.17) is 16.7 Å². The summed E-state index contributed by atoms with van der Waals surface area (Å²) in [4.78, 5) is 0.849. The Bertz CT molecular complexity index is 415. The summed E-state index contributed by atoms with van der Waals surface area (Å²) in [6.45, 7) is 1.35. The Balaban J connectivity index is 2.67. The van der Waals surface area contributed by atoms with Crippen LogP contribution in [-0.2, 0) is 10.0 Å². The lowest BCUT2D eigenvalue weighted by atomic mass is 10.3. The number of aliphatic hydroxyl groups excluding tert-OH is 1. The smallest absolute Gasteiger partial charge is 0.214 e. The van der Waals surface area contributed by atoms with Crippen molar-refractivity contribution in [2.75, 3.05) is 12.4 Å². The van der Waals surface area contributed by atoms with Crippen molar-refractivity contribution >= 4 is 33.0 Å². The zero-order valence-electron chi connectivity index (χ0n) is 8.10. The molecule has 0 saturated heterocycles. The van der Waals surface area contributed by atoms with E-state index < -0.39 is 10.0 Å². The summed E-state index contributed by atoms with van der Waals surface area (Å²) in [6, 6.07) is 3.18. The van der Waals surface area contributed by atoms with Gasteiger partial charge in [-0.25, -0.2) is 13.1 Å². The second-order valence-corrected chi connectivity index (χ2v) is 6.64. The minimum atomic E-state index is -3.41. The topological polar surface area (TPSA) is 66.4 Å². The van der Waals surface area contributed by atoms with Gasteiger partial charge in [0.05, 0.1) is 22.7 Å². The fourth-order valence-corrected chi connectivity index (χ4v) is 3.23. The number of nitrogens with one attached hydrogen (secondary N) is 1. The Labute approximate surface area is 97.9 Å². The predicted molar refractivity (Wildman–Crippen MR) is 61.8 cm³/mol. The van der Waals surface area contributed by atoms with Crippen molar-refractivity contribution in [1.29, 1.82) is 0 Å². The molecule has 4 nitrogen and oxygen atoms in total. The van der Waals surface area contributed by atoms with Crippen LogP contribution in [0.25, 0.3) is 0 Å². The highest BCUT2D eigenvalue weighted by Gasteiger charge is 2.16. The van der Waals surface area contributed by atoms with Gasteiger partial charge in [-0.2, -0.15) is 0 Å². The first-order chi connectivity index (χ1) is 6.94. The number of rotatable bonds is 5. The molecular formula is C8H12ClNO3S2. The third-order valence-corrected chi connectivity index (χ3v) is 4.58. The molecule has 0 spiro atoms. The Morgan fingerprint density at radius 1 is 1.60 bits per heavy atom. The average Bonchev–Trinajstić information content (AvgIpc) is 2.50. The number of aliphatic hydroxyl groups is 1. The number of sulfonamides is 1. The van der Waals surface area contributed by atoms with Gasteiger partial charge in [0.1, 0.15) is 0 Å². The van der Waals surface area contributed by atoms with E-state index in [9.17, 15) is 8.42 Å². The molecule has 1 rings (SSSR count). The van der Waals surface area contributed by atoms with Gasteiger partial charge >= 0.3 is 0 Å². The van der Waals surface area contributed by atoms with E-state index in [2.05, 4.69) is 4.72 Å². The molecule has 1 aromatic heterocycles. The molecule has 15 heavy (non-hydrogen) atoms. The van der Waals surface area contributed by atoms with Gasteiger partial charge in [-0.05, 0) is 19.1 Å². The lowest BCUT2D eigenvalue weighted by Gasteiger charge is -2.11. The van der Waals surface area contributed by atoms with E-state index in [1.54, 1.807) is 19.1 Å². The third kappa shape index (κ3) is 4.08. The summed E-state index contributed by atoms with van der Waals surface area (Å²) in [5, 5.41) is 8.55. The Kier molecular flexibility index (Phi) is 4.54. The zero-order valence-corrected chi connectivity index (χ0v) is 10.5. The molecule has 0 amide bonds. The van der Waals surface area contributed by atoms with Crippen LogP contribution in [0.1, 0.15) is 17.8 Å². The normalized spacial score (nSPS) is 14.1. The van der Waals surface area contributed by atoms with Crippen molar-refractivity contribution in [3.8, 4) is 0 Å². The van der Waals surface area contributed by atoms with Crippen molar-refractivity contribution in [2.45, 2.75) is 13.0 Å². The van der Waals surface area contributed by atoms with Gasteiger partial charge in [0.25, 0.3) is 0 Å². The van der Waals surface area contributed by atoms with Gasteiger partial charge in [0.15, 0.2) is 0 Å². The van der Waals surface area contributed by atoms with Crippen LogP contribution in [0.3, 0.4) is 0 Å². The molecule has 86 valence electrons. The minimum absolute atomic E-state index is 0.281.